The number of hydrogen-bond acceptors (Lipinski definition) is 2. The number of hydrogen-bond donors (Lipinski definition) is 2. The lowest BCUT2D eigenvalue weighted by Gasteiger charge is -2.09. The molecule has 0 unspecified atom stereocenters. The Morgan fingerprint density at radius 2 is 1.32 bits per heavy atom. The maximum atomic E-state index is 12.1. The molecule has 1 rings (SSSR count). The molecule has 0 bridgehead atoms. The Morgan fingerprint density at radius 1 is 0.821 bits per heavy atom. The van der Waals surface area contributed by atoms with Crippen LogP contribution in [-0.2, 0) is 4.79 Å². The molecule has 0 fully saturated rings. The first-order valence-corrected chi connectivity index (χ1v) is 11.2. The Labute approximate surface area is 171 Å². The van der Waals surface area contributed by atoms with Crippen molar-refractivity contribution in [1.82, 2.24) is 0 Å². The second kappa shape index (κ2) is 15.1. The van der Waals surface area contributed by atoms with Crippen molar-refractivity contribution in [3.8, 4) is 0 Å². The van der Waals surface area contributed by atoms with Crippen LogP contribution in [0.3, 0.4) is 0 Å². The fourth-order valence-electron chi connectivity index (χ4n) is 3.45. The molecule has 28 heavy (non-hydrogen) atoms. The van der Waals surface area contributed by atoms with Crippen molar-refractivity contribution >= 4 is 17.6 Å². The summed E-state index contributed by atoms with van der Waals surface area (Å²) in [7, 11) is 0. The average Bonchev–Trinajstić information content (AvgIpc) is 2.67. The standard InChI is InChI=1S/C24H39NO3/c1-3-4-5-6-7-8-9-10-11-12-13-14-15-16-23(26)25-22-18-17-21(24(27)28)19-20(22)2/h17-19H,3-16H2,1-2H3,(H,25,26)(H,27,28). The minimum Gasteiger partial charge on any atom is -0.478 e. The number of carboxylic acids is 1. The second-order valence-electron chi connectivity index (χ2n) is 7.88. The van der Waals surface area contributed by atoms with Gasteiger partial charge in [-0.15, -0.1) is 0 Å². The van der Waals surface area contributed by atoms with Gasteiger partial charge < -0.3 is 10.4 Å². The van der Waals surface area contributed by atoms with Gasteiger partial charge in [-0.3, -0.25) is 4.79 Å². The molecule has 0 heterocycles. The van der Waals surface area contributed by atoms with Crippen molar-refractivity contribution in [2.24, 2.45) is 0 Å². The van der Waals surface area contributed by atoms with E-state index in [9.17, 15) is 9.59 Å². The van der Waals surface area contributed by atoms with Gasteiger partial charge in [0.15, 0.2) is 0 Å². The van der Waals surface area contributed by atoms with Crippen LogP contribution in [0.1, 0.15) is 113 Å². The first-order chi connectivity index (χ1) is 13.5. The third-order valence-electron chi connectivity index (χ3n) is 5.25. The molecule has 1 aromatic carbocycles. The molecule has 1 amide bonds. The zero-order chi connectivity index (χ0) is 20.6. The molecule has 1 aromatic rings. The Bertz CT molecular complexity index is 583. The van der Waals surface area contributed by atoms with Gasteiger partial charge in [-0.25, -0.2) is 4.79 Å². The highest BCUT2D eigenvalue weighted by molar-refractivity contribution is 5.93. The van der Waals surface area contributed by atoms with E-state index >= 15 is 0 Å². The van der Waals surface area contributed by atoms with E-state index in [1.165, 1.54) is 76.7 Å². The summed E-state index contributed by atoms with van der Waals surface area (Å²) in [5, 5.41) is 11.9. The highest BCUT2D eigenvalue weighted by Crippen LogP contribution is 2.18. The molecule has 0 aliphatic carbocycles. The number of amides is 1. The number of aromatic carboxylic acids is 1. The van der Waals surface area contributed by atoms with Crippen LogP contribution in [0.2, 0.25) is 0 Å². The molecule has 0 atom stereocenters. The number of carbonyl (C=O) groups is 2. The highest BCUT2D eigenvalue weighted by atomic mass is 16.4. The van der Waals surface area contributed by atoms with E-state index in [0.29, 0.717) is 12.1 Å². The Morgan fingerprint density at radius 3 is 1.79 bits per heavy atom. The van der Waals surface area contributed by atoms with Crippen LogP contribution in [0, 0.1) is 6.92 Å². The van der Waals surface area contributed by atoms with Crippen LogP contribution in [-0.4, -0.2) is 17.0 Å². The molecule has 4 heteroatoms. The quantitative estimate of drug-likeness (QED) is 0.296. The summed E-state index contributed by atoms with van der Waals surface area (Å²) >= 11 is 0. The summed E-state index contributed by atoms with van der Waals surface area (Å²) in [5.74, 6) is -0.942. The molecule has 158 valence electrons. The fourth-order valence-corrected chi connectivity index (χ4v) is 3.45. The van der Waals surface area contributed by atoms with Gasteiger partial charge in [-0.05, 0) is 37.1 Å². The molecule has 0 aliphatic heterocycles. The Kier molecular flexibility index (Phi) is 13.1. The first-order valence-electron chi connectivity index (χ1n) is 11.2. The predicted molar refractivity (Wildman–Crippen MR) is 117 cm³/mol. The number of nitrogens with one attached hydrogen (secondary N) is 1. The lowest BCUT2D eigenvalue weighted by Crippen LogP contribution is -2.12. The molecule has 4 nitrogen and oxygen atoms in total. The highest BCUT2D eigenvalue weighted by Gasteiger charge is 2.08. The van der Waals surface area contributed by atoms with E-state index in [2.05, 4.69) is 12.2 Å². The molecule has 0 radical (unpaired) electrons. The molecule has 2 N–H and O–H groups in total. The van der Waals surface area contributed by atoms with Crippen LogP contribution in [0.5, 0.6) is 0 Å². The summed E-state index contributed by atoms with van der Waals surface area (Å²) in [6.07, 6.45) is 17.3. The van der Waals surface area contributed by atoms with Gasteiger partial charge in [0.25, 0.3) is 0 Å². The van der Waals surface area contributed by atoms with Gasteiger partial charge >= 0.3 is 5.97 Å². The fraction of sp³-hybridized carbons (Fsp3) is 0.667. The number of anilines is 1. The monoisotopic (exact) mass is 389 g/mol. The van der Waals surface area contributed by atoms with Crippen LogP contribution >= 0.6 is 0 Å². The Hall–Kier alpha value is -1.84. The largest absolute Gasteiger partial charge is 0.478 e. The number of carbonyl (C=O) groups excluding carboxylic acids is 1. The van der Waals surface area contributed by atoms with Gasteiger partial charge in [-0.2, -0.15) is 0 Å². The summed E-state index contributed by atoms with van der Waals surface area (Å²) < 4.78 is 0. The normalized spacial score (nSPS) is 10.8. The van der Waals surface area contributed by atoms with E-state index in [0.717, 1.165) is 18.4 Å². The summed E-state index contributed by atoms with van der Waals surface area (Å²) in [4.78, 5) is 23.0. The lowest BCUT2D eigenvalue weighted by atomic mass is 10.0. The smallest absolute Gasteiger partial charge is 0.335 e. The zero-order valence-electron chi connectivity index (χ0n) is 17.9. The molecule has 0 saturated heterocycles. The molecule has 0 aromatic heterocycles. The van der Waals surface area contributed by atoms with Crippen molar-refractivity contribution < 1.29 is 14.7 Å². The van der Waals surface area contributed by atoms with Crippen molar-refractivity contribution in [1.29, 1.82) is 0 Å². The van der Waals surface area contributed by atoms with E-state index < -0.39 is 5.97 Å². The third-order valence-corrected chi connectivity index (χ3v) is 5.25. The average molecular weight is 390 g/mol. The SMILES string of the molecule is CCCCCCCCCCCCCCCC(=O)Nc1ccc(C(=O)O)cc1C. The molecular weight excluding hydrogens is 350 g/mol. The lowest BCUT2D eigenvalue weighted by molar-refractivity contribution is -0.116. The number of unbranched alkanes of at least 4 members (excludes halogenated alkanes) is 12. The maximum absolute atomic E-state index is 12.1. The van der Waals surface area contributed by atoms with E-state index in [-0.39, 0.29) is 11.5 Å². The topological polar surface area (TPSA) is 66.4 Å². The number of benzene rings is 1. The van der Waals surface area contributed by atoms with Crippen LogP contribution < -0.4 is 5.32 Å². The van der Waals surface area contributed by atoms with Gasteiger partial charge in [0.05, 0.1) is 5.56 Å². The number of rotatable bonds is 16. The Balaban J connectivity index is 2.00. The van der Waals surface area contributed by atoms with Crippen LogP contribution in [0.25, 0.3) is 0 Å². The molecule has 0 saturated carbocycles. The third kappa shape index (κ3) is 11.1. The molecule has 0 aliphatic rings. The van der Waals surface area contributed by atoms with Crippen molar-refractivity contribution in [2.45, 2.75) is 104 Å². The number of aryl methyl sites for hydroxylation is 1. The van der Waals surface area contributed by atoms with Gasteiger partial charge in [0.2, 0.25) is 5.91 Å². The summed E-state index contributed by atoms with van der Waals surface area (Å²) in [6, 6.07) is 4.78. The minimum atomic E-state index is -0.951. The predicted octanol–water partition coefficient (Wildman–Crippen LogP) is 7.11. The van der Waals surface area contributed by atoms with Crippen molar-refractivity contribution in [2.75, 3.05) is 5.32 Å². The summed E-state index contributed by atoms with van der Waals surface area (Å²) in [5.41, 5.74) is 1.72. The molecular formula is C24H39NO3. The molecule has 0 spiro atoms. The second-order valence-corrected chi connectivity index (χ2v) is 7.88. The maximum Gasteiger partial charge on any atom is 0.335 e. The van der Waals surface area contributed by atoms with E-state index in [4.69, 9.17) is 5.11 Å². The van der Waals surface area contributed by atoms with E-state index in [1.54, 1.807) is 12.1 Å². The van der Waals surface area contributed by atoms with Gasteiger partial charge in [0.1, 0.15) is 0 Å². The minimum absolute atomic E-state index is 0.00856. The van der Waals surface area contributed by atoms with E-state index in [1.807, 2.05) is 6.92 Å². The van der Waals surface area contributed by atoms with Crippen molar-refractivity contribution in [3.05, 3.63) is 29.3 Å². The zero-order valence-corrected chi connectivity index (χ0v) is 17.9. The van der Waals surface area contributed by atoms with Crippen LogP contribution in [0.15, 0.2) is 18.2 Å². The van der Waals surface area contributed by atoms with Crippen molar-refractivity contribution in [3.63, 3.8) is 0 Å². The summed E-state index contributed by atoms with van der Waals surface area (Å²) in [6.45, 7) is 4.07. The first kappa shape index (κ1) is 24.2. The van der Waals surface area contributed by atoms with Gasteiger partial charge in [0, 0.05) is 12.1 Å². The van der Waals surface area contributed by atoms with Gasteiger partial charge in [-0.1, -0.05) is 84.0 Å². The number of carboxylic acid groups (broad SMARTS) is 1. The van der Waals surface area contributed by atoms with Crippen LogP contribution in [0.4, 0.5) is 5.69 Å².